The van der Waals surface area contributed by atoms with Crippen LogP contribution < -0.4 is 20.7 Å². The van der Waals surface area contributed by atoms with Gasteiger partial charge in [-0.2, -0.15) is 13.2 Å². The molecule has 0 spiro atoms. The predicted molar refractivity (Wildman–Crippen MR) is 101 cm³/mol. The number of piperidine rings is 1. The minimum absolute atomic E-state index is 0.0436. The molecule has 1 fully saturated rings. The van der Waals surface area contributed by atoms with Crippen LogP contribution in [0.3, 0.4) is 0 Å². The summed E-state index contributed by atoms with van der Waals surface area (Å²) in [5.41, 5.74) is -0.840. The number of hydrogen-bond acceptors (Lipinski definition) is 3. The third-order valence-corrected chi connectivity index (χ3v) is 4.93. The molecule has 2 atom stereocenters. The molecule has 0 bridgehead atoms. The molecule has 0 aromatic heterocycles. The molecular formula is C20H20F5N3O2. The summed E-state index contributed by atoms with van der Waals surface area (Å²) in [6.07, 6.45) is -4.06. The van der Waals surface area contributed by atoms with Crippen LogP contribution in [0, 0.1) is 11.6 Å². The van der Waals surface area contributed by atoms with Crippen molar-refractivity contribution in [3.8, 4) is 5.75 Å². The highest BCUT2D eigenvalue weighted by Gasteiger charge is 2.33. The quantitative estimate of drug-likeness (QED) is 0.637. The summed E-state index contributed by atoms with van der Waals surface area (Å²) in [7, 11) is 1.30. The number of amides is 2. The molecule has 0 saturated carbocycles. The number of alkyl halides is 3. The second-order valence-corrected chi connectivity index (χ2v) is 6.88. The van der Waals surface area contributed by atoms with E-state index in [9.17, 15) is 26.7 Å². The van der Waals surface area contributed by atoms with Crippen molar-refractivity contribution < 1.29 is 31.5 Å². The summed E-state index contributed by atoms with van der Waals surface area (Å²) >= 11 is 0. The van der Waals surface area contributed by atoms with Crippen LogP contribution in [-0.2, 0) is 6.18 Å². The van der Waals surface area contributed by atoms with Crippen molar-refractivity contribution in [2.75, 3.05) is 25.5 Å². The topological polar surface area (TPSA) is 62.4 Å². The first-order valence-electron chi connectivity index (χ1n) is 9.17. The van der Waals surface area contributed by atoms with Gasteiger partial charge in [-0.25, -0.2) is 13.6 Å². The van der Waals surface area contributed by atoms with Gasteiger partial charge in [0.1, 0.15) is 17.4 Å². The lowest BCUT2D eigenvalue weighted by Crippen LogP contribution is -2.49. The standard InChI is InChI=1S/C20H20F5N3O2/c1-30-13-8-15(21)18(16(22)9-13)14-10-26-7-6-17(14)28-19(29)27-12-4-2-11(3-5-12)20(23,24)25/h2-5,8-9,14,17,26H,6-7,10H2,1H3,(H2,27,28,29). The van der Waals surface area contributed by atoms with E-state index in [4.69, 9.17) is 4.74 Å². The molecular weight excluding hydrogens is 409 g/mol. The van der Waals surface area contributed by atoms with Gasteiger partial charge in [-0.05, 0) is 37.2 Å². The van der Waals surface area contributed by atoms with Gasteiger partial charge in [-0.3, -0.25) is 0 Å². The summed E-state index contributed by atoms with van der Waals surface area (Å²) in [6.45, 7) is 0.770. The molecule has 30 heavy (non-hydrogen) atoms. The van der Waals surface area contributed by atoms with E-state index >= 15 is 0 Å². The molecule has 1 aliphatic heterocycles. The van der Waals surface area contributed by atoms with Gasteiger partial charge in [-0.1, -0.05) is 0 Å². The van der Waals surface area contributed by atoms with E-state index in [1.54, 1.807) is 0 Å². The number of nitrogens with one attached hydrogen (secondary N) is 3. The van der Waals surface area contributed by atoms with Crippen LogP contribution in [-0.4, -0.2) is 32.3 Å². The van der Waals surface area contributed by atoms with E-state index in [-0.39, 0.29) is 23.5 Å². The molecule has 1 aliphatic rings. The van der Waals surface area contributed by atoms with Crippen molar-refractivity contribution in [1.29, 1.82) is 0 Å². The number of benzene rings is 2. The van der Waals surface area contributed by atoms with E-state index < -0.39 is 41.4 Å². The fraction of sp³-hybridized carbons (Fsp3) is 0.350. The fourth-order valence-electron chi connectivity index (χ4n) is 3.45. The maximum Gasteiger partial charge on any atom is 0.416 e. The van der Waals surface area contributed by atoms with Gasteiger partial charge in [0.25, 0.3) is 0 Å². The molecule has 1 heterocycles. The SMILES string of the molecule is COc1cc(F)c(C2CNCCC2NC(=O)Nc2ccc(C(F)(F)F)cc2)c(F)c1. The largest absolute Gasteiger partial charge is 0.497 e. The third kappa shape index (κ3) is 4.99. The van der Waals surface area contributed by atoms with E-state index in [0.29, 0.717) is 13.0 Å². The number of anilines is 1. The van der Waals surface area contributed by atoms with Gasteiger partial charge in [0.15, 0.2) is 0 Å². The third-order valence-electron chi connectivity index (χ3n) is 4.93. The first-order chi connectivity index (χ1) is 14.2. The predicted octanol–water partition coefficient (Wildman–Crippen LogP) is 4.26. The molecule has 3 N–H and O–H groups in total. The summed E-state index contributed by atoms with van der Waals surface area (Å²) in [6, 6.07) is 4.85. The van der Waals surface area contributed by atoms with E-state index in [2.05, 4.69) is 16.0 Å². The summed E-state index contributed by atoms with van der Waals surface area (Å²) < 4.78 is 71.8. The van der Waals surface area contributed by atoms with Gasteiger partial charge in [0.05, 0.1) is 12.7 Å². The molecule has 1 saturated heterocycles. The van der Waals surface area contributed by atoms with Crippen molar-refractivity contribution in [2.24, 2.45) is 0 Å². The fourth-order valence-corrected chi connectivity index (χ4v) is 3.45. The second-order valence-electron chi connectivity index (χ2n) is 6.88. The Labute approximate surface area is 169 Å². The average molecular weight is 429 g/mol. The normalized spacial score (nSPS) is 19.3. The van der Waals surface area contributed by atoms with Crippen molar-refractivity contribution >= 4 is 11.7 Å². The Kier molecular flexibility index (Phi) is 6.45. The molecule has 2 unspecified atom stereocenters. The van der Waals surface area contributed by atoms with Gasteiger partial charge in [0, 0.05) is 41.9 Å². The minimum Gasteiger partial charge on any atom is -0.497 e. The number of carbonyl (C=O) groups excluding carboxylic acids is 1. The van der Waals surface area contributed by atoms with Gasteiger partial charge >= 0.3 is 12.2 Å². The lowest BCUT2D eigenvalue weighted by molar-refractivity contribution is -0.137. The van der Waals surface area contributed by atoms with Gasteiger partial charge < -0.3 is 20.7 Å². The Bertz CT molecular complexity index is 879. The molecule has 2 aromatic carbocycles. The monoisotopic (exact) mass is 429 g/mol. The molecule has 2 aromatic rings. The average Bonchev–Trinajstić information content (AvgIpc) is 2.68. The molecule has 0 aliphatic carbocycles. The number of hydrogen-bond donors (Lipinski definition) is 3. The highest BCUT2D eigenvalue weighted by molar-refractivity contribution is 5.89. The first kappa shape index (κ1) is 21.8. The number of halogens is 5. The van der Waals surface area contributed by atoms with Crippen molar-refractivity contribution in [3.05, 3.63) is 59.2 Å². The smallest absolute Gasteiger partial charge is 0.416 e. The number of ether oxygens (including phenoxy) is 1. The molecule has 5 nitrogen and oxygen atoms in total. The lowest BCUT2D eigenvalue weighted by atomic mass is 9.86. The number of rotatable bonds is 4. The number of carbonyl (C=O) groups is 1. The van der Waals surface area contributed by atoms with Crippen LogP contribution in [0.1, 0.15) is 23.5 Å². The van der Waals surface area contributed by atoms with Crippen molar-refractivity contribution in [2.45, 2.75) is 24.6 Å². The Morgan fingerprint density at radius 3 is 2.33 bits per heavy atom. The second kappa shape index (κ2) is 8.86. The van der Waals surface area contributed by atoms with Crippen molar-refractivity contribution in [1.82, 2.24) is 10.6 Å². The highest BCUT2D eigenvalue weighted by Crippen LogP contribution is 2.32. The van der Waals surface area contributed by atoms with Gasteiger partial charge in [0.2, 0.25) is 0 Å². The van der Waals surface area contributed by atoms with Gasteiger partial charge in [-0.15, -0.1) is 0 Å². The highest BCUT2D eigenvalue weighted by atomic mass is 19.4. The maximum absolute atomic E-state index is 14.5. The van der Waals surface area contributed by atoms with Crippen LogP contribution in [0.15, 0.2) is 36.4 Å². The lowest BCUT2D eigenvalue weighted by Gasteiger charge is -2.33. The Balaban J connectivity index is 1.72. The van der Waals surface area contributed by atoms with E-state index in [0.717, 1.165) is 36.4 Å². The van der Waals surface area contributed by atoms with Crippen LogP contribution >= 0.6 is 0 Å². The van der Waals surface area contributed by atoms with Crippen LogP contribution in [0.2, 0.25) is 0 Å². The Hall–Kier alpha value is -2.88. The summed E-state index contributed by atoms with van der Waals surface area (Å²) in [5, 5.41) is 8.16. The summed E-state index contributed by atoms with van der Waals surface area (Å²) in [5.74, 6) is -2.20. The summed E-state index contributed by atoms with van der Waals surface area (Å²) in [4.78, 5) is 12.3. The van der Waals surface area contributed by atoms with Crippen LogP contribution in [0.5, 0.6) is 5.75 Å². The van der Waals surface area contributed by atoms with Crippen molar-refractivity contribution in [3.63, 3.8) is 0 Å². The molecule has 3 rings (SSSR count). The zero-order valence-electron chi connectivity index (χ0n) is 15.9. The zero-order valence-corrected chi connectivity index (χ0v) is 15.9. The van der Waals surface area contributed by atoms with E-state index in [1.165, 1.54) is 7.11 Å². The Morgan fingerprint density at radius 2 is 1.77 bits per heavy atom. The molecule has 0 radical (unpaired) electrons. The first-order valence-corrected chi connectivity index (χ1v) is 9.17. The molecule has 10 heteroatoms. The molecule has 162 valence electrons. The van der Waals surface area contributed by atoms with E-state index in [1.807, 2.05) is 0 Å². The zero-order chi connectivity index (χ0) is 21.9. The van der Waals surface area contributed by atoms with Crippen LogP contribution in [0.4, 0.5) is 32.4 Å². The minimum atomic E-state index is -4.48. The number of urea groups is 1. The van der Waals surface area contributed by atoms with Crippen LogP contribution in [0.25, 0.3) is 0 Å². The number of methoxy groups -OCH3 is 1. The Morgan fingerprint density at radius 1 is 1.13 bits per heavy atom. The maximum atomic E-state index is 14.5. The molecule has 2 amide bonds.